The van der Waals surface area contributed by atoms with Crippen LogP contribution in [0.15, 0.2) is 54.7 Å². The first kappa shape index (κ1) is 21.7. The van der Waals surface area contributed by atoms with Crippen molar-refractivity contribution in [1.29, 1.82) is 0 Å². The molecule has 0 N–H and O–H groups in total. The number of Topliss-reactive ketones (excluding diaryl/α,β-unsaturated/α-hetero) is 1. The number of ketones is 1. The van der Waals surface area contributed by atoms with Crippen molar-refractivity contribution < 1.29 is 31.5 Å². The van der Waals surface area contributed by atoms with E-state index in [1.165, 1.54) is 42.6 Å². The van der Waals surface area contributed by atoms with Crippen molar-refractivity contribution in [2.75, 3.05) is 6.61 Å². The van der Waals surface area contributed by atoms with Crippen molar-refractivity contribution >= 4 is 16.7 Å². The Balaban J connectivity index is 1.83. The molecular formula is C22H18F5NO2. The van der Waals surface area contributed by atoms with E-state index < -0.39 is 42.0 Å². The molecule has 8 heteroatoms. The molecular weight excluding hydrogens is 405 g/mol. The van der Waals surface area contributed by atoms with Gasteiger partial charge in [-0.25, -0.2) is 8.78 Å². The monoisotopic (exact) mass is 423 g/mol. The van der Waals surface area contributed by atoms with Gasteiger partial charge in [-0.2, -0.15) is 13.2 Å². The Hall–Kier alpha value is -3.03. The lowest BCUT2D eigenvalue weighted by molar-refractivity contribution is -0.168. The van der Waals surface area contributed by atoms with E-state index in [4.69, 9.17) is 4.74 Å². The molecule has 1 unspecified atom stereocenters. The predicted octanol–water partition coefficient (Wildman–Crippen LogP) is 5.66. The number of alkyl halides is 3. The second-order valence-corrected chi connectivity index (χ2v) is 7.33. The number of benzene rings is 2. The van der Waals surface area contributed by atoms with Crippen LogP contribution >= 0.6 is 0 Å². The van der Waals surface area contributed by atoms with Gasteiger partial charge in [-0.3, -0.25) is 9.78 Å². The highest BCUT2D eigenvalue weighted by Crippen LogP contribution is 2.36. The van der Waals surface area contributed by atoms with Crippen LogP contribution in [0.2, 0.25) is 0 Å². The molecule has 0 saturated carbocycles. The number of nitrogens with zero attached hydrogens (tertiary/aromatic N) is 1. The first-order valence-electron chi connectivity index (χ1n) is 9.08. The third-order valence-corrected chi connectivity index (χ3v) is 4.73. The average molecular weight is 423 g/mol. The number of carbonyl (C=O) groups excluding carboxylic acids is 1. The van der Waals surface area contributed by atoms with Gasteiger partial charge in [0.25, 0.3) is 0 Å². The molecule has 0 saturated heterocycles. The van der Waals surface area contributed by atoms with E-state index in [1.54, 1.807) is 6.07 Å². The molecule has 0 radical (unpaired) electrons. The van der Waals surface area contributed by atoms with Crippen LogP contribution in [0.3, 0.4) is 0 Å². The fourth-order valence-corrected chi connectivity index (χ4v) is 3.14. The number of fused-ring (bicyclic) bond motifs is 1. The number of hydrogen-bond donors (Lipinski definition) is 0. The van der Waals surface area contributed by atoms with Gasteiger partial charge in [-0.15, -0.1) is 0 Å². The van der Waals surface area contributed by atoms with Gasteiger partial charge >= 0.3 is 6.18 Å². The van der Waals surface area contributed by atoms with E-state index in [2.05, 4.69) is 4.98 Å². The molecule has 3 nitrogen and oxygen atoms in total. The molecule has 2 aromatic carbocycles. The smallest absolute Gasteiger partial charge is 0.390 e. The van der Waals surface area contributed by atoms with Crippen molar-refractivity contribution in [2.45, 2.75) is 25.9 Å². The minimum absolute atomic E-state index is 0.106. The maximum atomic E-state index is 13.8. The molecule has 0 aliphatic carbocycles. The molecule has 0 spiro atoms. The summed E-state index contributed by atoms with van der Waals surface area (Å²) in [6.45, 7) is 0.486. The highest BCUT2D eigenvalue weighted by Gasteiger charge is 2.44. The van der Waals surface area contributed by atoms with Crippen LogP contribution in [0.4, 0.5) is 22.0 Å². The minimum atomic E-state index is -4.63. The zero-order valence-electron chi connectivity index (χ0n) is 16.0. The van der Waals surface area contributed by atoms with E-state index in [0.717, 1.165) is 13.0 Å². The number of ether oxygens (including phenoxy) is 1. The molecule has 0 aliphatic heterocycles. The van der Waals surface area contributed by atoms with E-state index in [1.807, 2.05) is 0 Å². The lowest BCUT2D eigenvalue weighted by Gasteiger charge is -2.29. The van der Waals surface area contributed by atoms with Crippen molar-refractivity contribution in [2.24, 2.45) is 5.41 Å². The number of rotatable bonds is 7. The third-order valence-electron chi connectivity index (χ3n) is 4.73. The van der Waals surface area contributed by atoms with Crippen LogP contribution in [0.25, 0.3) is 10.9 Å². The van der Waals surface area contributed by atoms with Gasteiger partial charge < -0.3 is 4.74 Å². The number of hydrogen-bond acceptors (Lipinski definition) is 3. The predicted molar refractivity (Wildman–Crippen MR) is 101 cm³/mol. The van der Waals surface area contributed by atoms with E-state index in [-0.39, 0.29) is 17.7 Å². The summed E-state index contributed by atoms with van der Waals surface area (Å²) < 4.78 is 72.3. The highest BCUT2D eigenvalue weighted by molar-refractivity contribution is 5.88. The maximum absolute atomic E-state index is 13.8. The molecule has 1 heterocycles. The summed E-state index contributed by atoms with van der Waals surface area (Å²) in [6.07, 6.45) is -5.15. The molecule has 30 heavy (non-hydrogen) atoms. The standard InChI is InChI=1S/C22H18F5NO2/c1-21(12-22(25,26)27,13-30-18-8-3-2-6-16(18)23)19(29)10-14-9-15-5-4-7-17(24)20(15)28-11-14/h2-9,11H,10,12-13H2,1H3. The first-order valence-corrected chi connectivity index (χ1v) is 9.08. The van der Waals surface area contributed by atoms with E-state index >= 15 is 0 Å². The van der Waals surface area contributed by atoms with Crippen LogP contribution in [0.5, 0.6) is 5.75 Å². The molecule has 1 aromatic heterocycles. The number of para-hydroxylation sites is 2. The third kappa shape index (κ3) is 5.11. The quantitative estimate of drug-likeness (QED) is 0.460. The summed E-state index contributed by atoms with van der Waals surface area (Å²) in [5.74, 6) is -2.25. The molecule has 3 rings (SSSR count). The van der Waals surface area contributed by atoms with Crippen LogP contribution in [-0.2, 0) is 11.2 Å². The maximum Gasteiger partial charge on any atom is 0.390 e. The lowest BCUT2D eigenvalue weighted by Crippen LogP contribution is -2.39. The number of carbonyl (C=O) groups is 1. The molecule has 0 bridgehead atoms. The average Bonchev–Trinajstić information content (AvgIpc) is 2.66. The molecule has 0 aliphatic rings. The summed E-state index contributed by atoms with van der Waals surface area (Å²) in [7, 11) is 0. The number of pyridine rings is 1. The zero-order valence-corrected chi connectivity index (χ0v) is 16.0. The van der Waals surface area contributed by atoms with Gasteiger partial charge in [0.15, 0.2) is 11.6 Å². The van der Waals surface area contributed by atoms with Gasteiger partial charge in [-0.05, 0) is 36.8 Å². The SMILES string of the molecule is CC(COc1ccccc1F)(CC(F)(F)F)C(=O)Cc1cnc2c(F)cccc2c1. The Morgan fingerprint density at radius 1 is 1.03 bits per heavy atom. The van der Waals surface area contributed by atoms with Crippen molar-refractivity contribution in [3.8, 4) is 5.75 Å². The zero-order chi connectivity index (χ0) is 21.9. The topological polar surface area (TPSA) is 39.2 Å². The Kier molecular flexibility index (Phi) is 6.05. The van der Waals surface area contributed by atoms with E-state index in [9.17, 15) is 26.7 Å². The van der Waals surface area contributed by atoms with Crippen LogP contribution in [-0.4, -0.2) is 23.6 Å². The number of halogens is 5. The fraction of sp³-hybridized carbons (Fsp3) is 0.273. The second-order valence-electron chi connectivity index (χ2n) is 7.33. The van der Waals surface area contributed by atoms with E-state index in [0.29, 0.717) is 10.9 Å². The Labute approximate surface area is 169 Å². The van der Waals surface area contributed by atoms with Crippen LogP contribution in [0.1, 0.15) is 18.9 Å². The van der Waals surface area contributed by atoms with Gasteiger partial charge in [0.1, 0.15) is 23.7 Å². The van der Waals surface area contributed by atoms with Gasteiger partial charge in [-0.1, -0.05) is 24.3 Å². The van der Waals surface area contributed by atoms with Crippen LogP contribution in [0, 0.1) is 17.0 Å². The van der Waals surface area contributed by atoms with Crippen molar-refractivity contribution in [1.82, 2.24) is 4.98 Å². The minimum Gasteiger partial charge on any atom is -0.489 e. The summed E-state index contributed by atoms with van der Waals surface area (Å²) >= 11 is 0. The lowest BCUT2D eigenvalue weighted by atomic mass is 9.80. The molecule has 1 atom stereocenters. The van der Waals surface area contributed by atoms with Crippen molar-refractivity contribution in [3.05, 3.63) is 71.9 Å². The molecule has 158 valence electrons. The first-order chi connectivity index (χ1) is 14.1. The van der Waals surface area contributed by atoms with Crippen LogP contribution < -0.4 is 4.74 Å². The van der Waals surface area contributed by atoms with Gasteiger partial charge in [0.2, 0.25) is 0 Å². The van der Waals surface area contributed by atoms with Crippen molar-refractivity contribution in [3.63, 3.8) is 0 Å². The fourth-order valence-electron chi connectivity index (χ4n) is 3.14. The Morgan fingerprint density at radius 2 is 1.73 bits per heavy atom. The molecule has 0 fully saturated rings. The summed E-state index contributed by atoms with van der Waals surface area (Å²) in [5, 5.41) is 0.431. The Bertz CT molecular complexity index is 1070. The summed E-state index contributed by atoms with van der Waals surface area (Å²) in [6, 6.07) is 11.1. The highest BCUT2D eigenvalue weighted by atomic mass is 19.4. The molecule has 0 amide bonds. The Morgan fingerprint density at radius 3 is 2.43 bits per heavy atom. The molecule has 3 aromatic rings. The second kappa shape index (κ2) is 8.38. The number of aromatic nitrogens is 1. The summed E-state index contributed by atoms with van der Waals surface area (Å²) in [4.78, 5) is 16.8. The van der Waals surface area contributed by atoms with Gasteiger partial charge in [0.05, 0.1) is 11.8 Å². The van der Waals surface area contributed by atoms with Gasteiger partial charge in [0, 0.05) is 18.0 Å². The normalized spacial score (nSPS) is 13.8. The largest absolute Gasteiger partial charge is 0.489 e. The summed E-state index contributed by atoms with van der Waals surface area (Å²) in [5.41, 5.74) is -1.50.